The Bertz CT molecular complexity index is 812. The molecule has 1 unspecified atom stereocenters. The summed E-state index contributed by atoms with van der Waals surface area (Å²) in [6, 6.07) is 15.5. The van der Waals surface area contributed by atoms with Crippen LogP contribution in [-0.4, -0.2) is 48.4 Å². The second-order valence-electron chi connectivity index (χ2n) is 7.93. The summed E-state index contributed by atoms with van der Waals surface area (Å²) in [5.41, 5.74) is 2.03. The van der Waals surface area contributed by atoms with Crippen LogP contribution in [0.25, 0.3) is 0 Å². The minimum absolute atomic E-state index is 0.0122. The maximum Gasteiger partial charge on any atom is 0.228 e. The SMILES string of the molecule is COc1ccc(CN(Cc2ccc(OC)cc2)C(=O)C2CC(=O)N(C(C)C)C2)cc1. The second kappa shape index (κ2) is 9.65. The molecule has 0 N–H and O–H groups in total. The molecule has 1 heterocycles. The molecule has 0 radical (unpaired) electrons. The molecule has 3 rings (SSSR count). The van der Waals surface area contributed by atoms with Crippen molar-refractivity contribution in [3.05, 3.63) is 59.7 Å². The van der Waals surface area contributed by atoms with Gasteiger partial charge < -0.3 is 19.3 Å². The number of nitrogens with zero attached hydrogens (tertiary/aromatic N) is 2. The number of methoxy groups -OCH3 is 2. The summed E-state index contributed by atoms with van der Waals surface area (Å²) >= 11 is 0. The number of carbonyl (C=O) groups is 2. The van der Waals surface area contributed by atoms with Crippen LogP contribution >= 0.6 is 0 Å². The van der Waals surface area contributed by atoms with E-state index in [0.29, 0.717) is 19.6 Å². The van der Waals surface area contributed by atoms with Crippen LogP contribution in [0.2, 0.25) is 0 Å². The van der Waals surface area contributed by atoms with Crippen molar-refractivity contribution >= 4 is 11.8 Å². The lowest BCUT2D eigenvalue weighted by Crippen LogP contribution is -2.38. The molecule has 160 valence electrons. The first-order valence-corrected chi connectivity index (χ1v) is 10.3. The van der Waals surface area contributed by atoms with Crippen molar-refractivity contribution in [3.63, 3.8) is 0 Å². The molecule has 0 spiro atoms. The van der Waals surface area contributed by atoms with E-state index < -0.39 is 0 Å². The molecule has 1 aliphatic heterocycles. The zero-order valence-corrected chi connectivity index (χ0v) is 18.1. The van der Waals surface area contributed by atoms with Gasteiger partial charge in [0.1, 0.15) is 11.5 Å². The van der Waals surface area contributed by atoms with Gasteiger partial charge in [0.15, 0.2) is 0 Å². The van der Waals surface area contributed by atoms with Gasteiger partial charge in [-0.3, -0.25) is 9.59 Å². The van der Waals surface area contributed by atoms with Crippen LogP contribution in [0.15, 0.2) is 48.5 Å². The van der Waals surface area contributed by atoms with Crippen molar-refractivity contribution in [1.82, 2.24) is 9.80 Å². The zero-order chi connectivity index (χ0) is 21.7. The molecule has 2 aromatic rings. The average molecular weight is 411 g/mol. The predicted octanol–water partition coefficient (Wildman–Crippen LogP) is 3.49. The standard InChI is InChI=1S/C24H30N2O4/c1-17(2)26-16-20(13-23(26)27)24(28)25(14-18-5-9-21(29-3)10-6-18)15-19-7-11-22(30-4)12-8-19/h5-12,17,20H,13-16H2,1-4H3. The Morgan fingerprint density at radius 3 is 1.80 bits per heavy atom. The molecule has 0 aliphatic carbocycles. The molecular weight excluding hydrogens is 380 g/mol. The summed E-state index contributed by atoms with van der Waals surface area (Å²) in [4.78, 5) is 29.4. The highest BCUT2D eigenvalue weighted by molar-refractivity contribution is 5.89. The molecule has 1 aliphatic rings. The smallest absolute Gasteiger partial charge is 0.228 e. The normalized spacial score (nSPS) is 16.1. The fourth-order valence-electron chi connectivity index (χ4n) is 3.77. The molecule has 1 atom stereocenters. The Labute approximate surface area is 178 Å². The number of rotatable bonds is 8. The molecule has 1 fully saturated rings. The van der Waals surface area contributed by atoms with Gasteiger partial charge in [0.2, 0.25) is 11.8 Å². The third-order valence-corrected chi connectivity index (χ3v) is 5.51. The maximum absolute atomic E-state index is 13.4. The van der Waals surface area contributed by atoms with Crippen molar-refractivity contribution in [2.75, 3.05) is 20.8 Å². The van der Waals surface area contributed by atoms with E-state index in [1.54, 1.807) is 19.1 Å². The summed E-state index contributed by atoms with van der Waals surface area (Å²) in [6.45, 7) is 5.40. The van der Waals surface area contributed by atoms with Gasteiger partial charge in [0, 0.05) is 32.1 Å². The van der Waals surface area contributed by atoms with E-state index in [1.165, 1.54) is 0 Å². The third kappa shape index (κ3) is 5.12. The molecule has 0 aromatic heterocycles. The topological polar surface area (TPSA) is 59.1 Å². The summed E-state index contributed by atoms with van der Waals surface area (Å²) in [6.07, 6.45) is 0.277. The fourth-order valence-corrected chi connectivity index (χ4v) is 3.77. The summed E-state index contributed by atoms with van der Waals surface area (Å²) in [7, 11) is 3.26. The fraction of sp³-hybridized carbons (Fsp3) is 0.417. The van der Waals surface area contributed by atoms with Crippen LogP contribution in [0, 0.1) is 5.92 Å². The van der Waals surface area contributed by atoms with Crippen LogP contribution in [0.1, 0.15) is 31.4 Å². The van der Waals surface area contributed by atoms with Crippen molar-refractivity contribution < 1.29 is 19.1 Å². The largest absolute Gasteiger partial charge is 0.497 e. The minimum atomic E-state index is -0.309. The molecule has 2 aromatic carbocycles. The van der Waals surface area contributed by atoms with Gasteiger partial charge in [0.25, 0.3) is 0 Å². The number of amides is 2. The molecule has 6 heteroatoms. The van der Waals surface area contributed by atoms with Crippen LogP contribution in [0.4, 0.5) is 0 Å². The Hall–Kier alpha value is -3.02. The number of hydrogen-bond donors (Lipinski definition) is 0. The lowest BCUT2D eigenvalue weighted by atomic mass is 10.1. The molecule has 1 saturated heterocycles. The van der Waals surface area contributed by atoms with Gasteiger partial charge in [-0.15, -0.1) is 0 Å². The van der Waals surface area contributed by atoms with Crippen molar-refractivity contribution in [2.24, 2.45) is 5.92 Å². The average Bonchev–Trinajstić information content (AvgIpc) is 3.15. The Balaban J connectivity index is 1.80. The van der Waals surface area contributed by atoms with Crippen molar-refractivity contribution in [1.29, 1.82) is 0 Å². The van der Waals surface area contributed by atoms with Crippen LogP contribution in [-0.2, 0) is 22.7 Å². The van der Waals surface area contributed by atoms with E-state index in [9.17, 15) is 9.59 Å². The first-order chi connectivity index (χ1) is 14.4. The van der Waals surface area contributed by atoms with E-state index in [-0.39, 0.29) is 30.2 Å². The Morgan fingerprint density at radius 2 is 1.43 bits per heavy atom. The quantitative estimate of drug-likeness (QED) is 0.668. The summed E-state index contributed by atoms with van der Waals surface area (Å²) in [5.74, 6) is 1.31. The lowest BCUT2D eigenvalue weighted by molar-refractivity contribution is -0.137. The van der Waals surface area contributed by atoms with Gasteiger partial charge in [-0.1, -0.05) is 24.3 Å². The monoisotopic (exact) mass is 410 g/mol. The van der Waals surface area contributed by atoms with E-state index in [0.717, 1.165) is 22.6 Å². The molecule has 0 bridgehead atoms. The van der Waals surface area contributed by atoms with Gasteiger partial charge in [-0.25, -0.2) is 0 Å². The number of hydrogen-bond acceptors (Lipinski definition) is 4. The number of likely N-dealkylation sites (tertiary alicyclic amines) is 1. The first-order valence-electron chi connectivity index (χ1n) is 10.3. The van der Waals surface area contributed by atoms with E-state index >= 15 is 0 Å². The maximum atomic E-state index is 13.4. The first kappa shape index (κ1) is 21.7. The third-order valence-electron chi connectivity index (χ3n) is 5.51. The minimum Gasteiger partial charge on any atom is -0.497 e. The van der Waals surface area contributed by atoms with Gasteiger partial charge >= 0.3 is 0 Å². The predicted molar refractivity (Wildman–Crippen MR) is 115 cm³/mol. The molecular formula is C24H30N2O4. The van der Waals surface area contributed by atoms with Gasteiger partial charge in [-0.05, 0) is 49.2 Å². The van der Waals surface area contributed by atoms with Crippen LogP contribution < -0.4 is 9.47 Å². The van der Waals surface area contributed by atoms with Crippen LogP contribution in [0.5, 0.6) is 11.5 Å². The summed E-state index contributed by atoms with van der Waals surface area (Å²) in [5, 5.41) is 0. The molecule has 2 amide bonds. The Kier molecular flexibility index (Phi) is 6.98. The second-order valence-corrected chi connectivity index (χ2v) is 7.93. The lowest BCUT2D eigenvalue weighted by Gasteiger charge is -2.27. The Morgan fingerprint density at radius 1 is 0.967 bits per heavy atom. The van der Waals surface area contributed by atoms with E-state index in [1.807, 2.05) is 67.3 Å². The number of ether oxygens (including phenoxy) is 2. The molecule has 6 nitrogen and oxygen atoms in total. The molecule has 0 saturated carbocycles. The number of carbonyl (C=O) groups excluding carboxylic acids is 2. The van der Waals surface area contributed by atoms with Crippen molar-refractivity contribution in [3.8, 4) is 11.5 Å². The summed E-state index contributed by atoms with van der Waals surface area (Å²) < 4.78 is 10.5. The van der Waals surface area contributed by atoms with Crippen LogP contribution in [0.3, 0.4) is 0 Å². The van der Waals surface area contributed by atoms with E-state index in [2.05, 4.69) is 0 Å². The highest BCUT2D eigenvalue weighted by Gasteiger charge is 2.37. The van der Waals surface area contributed by atoms with Gasteiger partial charge in [0.05, 0.1) is 20.1 Å². The van der Waals surface area contributed by atoms with Crippen molar-refractivity contribution in [2.45, 2.75) is 39.4 Å². The van der Waals surface area contributed by atoms with E-state index in [4.69, 9.17) is 9.47 Å². The highest BCUT2D eigenvalue weighted by Crippen LogP contribution is 2.25. The van der Waals surface area contributed by atoms with Gasteiger partial charge in [-0.2, -0.15) is 0 Å². The zero-order valence-electron chi connectivity index (χ0n) is 18.1. The highest BCUT2D eigenvalue weighted by atomic mass is 16.5. The number of benzene rings is 2. The molecule has 30 heavy (non-hydrogen) atoms.